The number of anilines is 1. The van der Waals surface area contributed by atoms with E-state index in [0.717, 1.165) is 48.3 Å². The van der Waals surface area contributed by atoms with Crippen LogP contribution >= 0.6 is 0 Å². The molecular formula is C19H20N3O2+. The van der Waals surface area contributed by atoms with Gasteiger partial charge in [-0.2, -0.15) is 5.26 Å². The summed E-state index contributed by atoms with van der Waals surface area (Å²) in [6.07, 6.45) is 6.69. The van der Waals surface area contributed by atoms with Crippen LogP contribution in [-0.2, 0) is 12.8 Å². The van der Waals surface area contributed by atoms with Gasteiger partial charge in [-0.3, -0.25) is 5.73 Å². The molecule has 1 aromatic heterocycles. The van der Waals surface area contributed by atoms with Crippen molar-refractivity contribution in [3.63, 3.8) is 0 Å². The van der Waals surface area contributed by atoms with Crippen molar-refractivity contribution in [2.75, 3.05) is 12.5 Å². The Morgan fingerprint density at radius 3 is 2.67 bits per heavy atom. The lowest BCUT2D eigenvalue weighted by Crippen LogP contribution is -2.23. The second kappa shape index (κ2) is 6.04. The largest absolute Gasteiger partial charge is 0.454 e. The summed E-state index contributed by atoms with van der Waals surface area (Å²) < 4.78 is 10.9. The predicted octanol–water partition coefficient (Wildman–Crippen LogP) is 3.01. The standard InChI is InChI=1S/C19H19N3O2/c20-10-14-18(12-7-8-16-17(9-12)24-11-23-16)13-5-3-1-2-4-6-15(13)22-19(14)21/h7-9H,1-6,11H2,(H2,21,22)/p+1. The SMILES string of the molecule is N#Cc1c(N)[nH+]c2c(c1-c1ccc3c(c1)OCO3)CCCCCC2. The van der Waals surface area contributed by atoms with Crippen molar-refractivity contribution in [2.45, 2.75) is 38.5 Å². The van der Waals surface area contributed by atoms with Gasteiger partial charge in [0.2, 0.25) is 6.79 Å². The molecule has 0 saturated heterocycles. The lowest BCUT2D eigenvalue weighted by atomic mass is 9.88. The Balaban J connectivity index is 1.94. The maximum absolute atomic E-state index is 9.68. The van der Waals surface area contributed by atoms with Gasteiger partial charge in [-0.15, -0.1) is 0 Å². The third-order valence-electron chi connectivity index (χ3n) is 4.85. The Morgan fingerprint density at radius 2 is 1.83 bits per heavy atom. The molecule has 0 spiro atoms. The number of nitrogen functional groups attached to an aromatic ring is 1. The zero-order valence-corrected chi connectivity index (χ0v) is 13.5. The number of nitrogens with one attached hydrogen (secondary N) is 1. The van der Waals surface area contributed by atoms with E-state index in [9.17, 15) is 5.26 Å². The van der Waals surface area contributed by atoms with Gasteiger partial charge < -0.3 is 9.47 Å². The molecule has 122 valence electrons. The van der Waals surface area contributed by atoms with E-state index in [1.54, 1.807) is 0 Å². The fraction of sp³-hybridized carbons (Fsp3) is 0.368. The molecule has 0 atom stereocenters. The van der Waals surface area contributed by atoms with Crippen LogP contribution in [0.15, 0.2) is 18.2 Å². The predicted molar refractivity (Wildman–Crippen MR) is 89.6 cm³/mol. The summed E-state index contributed by atoms with van der Waals surface area (Å²) in [6, 6.07) is 8.14. The van der Waals surface area contributed by atoms with Gasteiger partial charge in [-0.1, -0.05) is 18.9 Å². The molecule has 4 rings (SSSR count). The number of rotatable bonds is 1. The zero-order valence-electron chi connectivity index (χ0n) is 13.5. The van der Waals surface area contributed by atoms with Crippen molar-refractivity contribution in [3.05, 3.63) is 35.0 Å². The molecule has 5 nitrogen and oxygen atoms in total. The fourth-order valence-electron chi connectivity index (χ4n) is 3.67. The number of fused-ring (bicyclic) bond motifs is 2. The lowest BCUT2D eigenvalue weighted by molar-refractivity contribution is -0.374. The molecule has 0 fully saturated rings. The summed E-state index contributed by atoms with van der Waals surface area (Å²) in [6.45, 7) is 0.243. The van der Waals surface area contributed by atoms with Crippen LogP contribution < -0.4 is 20.2 Å². The van der Waals surface area contributed by atoms with Gasteiger partial charge in [0, 0.05) is 17.5 Å². The highest BCUT2D eigenvalue weighted by molar-refractivity contribution is 5.79. The minimum absolute atomic E-state index is 0.243. The normalized spacial score (nSPS) is 16.0. The Kier molecular flexibility index (Phi) is 3.73. The quantitative estimate of drug-likeness (QED) is 0.875. The molecule has 1 aromatic carbocycles. The van der Waals surface area contributed by atoms with E-state index in [2.05, 4.69) is 11.1 Å². The first-order valence-electron chi connectivity index (χ1n) is 8.44. The van der Waals surface area contributed by atoms with Crippen LogP contribution in [0.4, 0.5) is 5.82 Å². The average Bonchev–Trinajstić information content (AvgIpc) is 3.03. The second-order valence-electron chi connectivity index (χ2n) is 6.34. The minimum Gasteiger partial charge on any atom is -0.454 e. The van der Waals surface area contributed by atoms with Crippen LogP contribution in [0.1, 0.15) is 42.5 Å². The zero-order chi connectivity index (χ0) is 16.5. The maximum Gasteiger partial charge on any atom is 0.289 e. The van der Waals surface area contributed by atoms with E-state index in [1.165, 1.54) is 24.1 Å². The molecule has 2 aliphatic rings. The van der Waals surface area contributed by atoms with Gasteiger partial charge in [-0.25, -0.2) is 4.98 Å². The summed E-state index contributed by atoms with van der Waals surface area (Å²) in [5.41, 5.74) is 11.0. The summed E-state index contributed by atoms with van der Waals surface area (Å²) in [7, 11) is 0. The molecule has 24 heavy (non-hydrogen) atoms. The number of benzene rings is 1. The molecule has 0 unspecified atom stereocenters. The summed E-state index contributed by atoms with van der Waals surface area (Å²) >= 11 is 0. The first-order chi connectivity index (χ1) is 11.8. The molecule has 0 radical (unpaired) electrons. The van der Waals surface area contributed by atoms with Crippen LogP contribution in [-0.4, -0.2) is 6.79 Å². The van der Waals surface area contributed by atoms with Crippen molar-refractivity contribution in [1.82, 2.24) is 0 Å². The summed E-state index contributed by atoms with van der Waals surface area (Å²) in [5.74, 6) is 1.92. The lowest BCUT2D eigenvalue weighted by Gasteiger charge is -2.17. The molecular weight excluding hydrogens is 302 g/mol. The third-order valence-corrected chi connectivity index (χ3v) is 4.85. The molecule has 1 aliphatic carbocycles. The van der Waals surface area contributed by atoms with E-state index in [0.29, 0.717) is 11.4 Å². The van der Waals surface area contributed by atoms with Crippen molar-refractivity contribution >= 4 is 5.82 Å². The molecule has 0 amide bonds. The average molecular weight is 322 g/mol. The number of H-pyrrole nitrogens is 1. The molecule has 3 N–H and O–H groups in total. The van der Waals surface area contributed by atoms with Crippen molar-refractivity contribution in [2.24, 2.45) is 0 Å². The van der Waals surface area contributed by atoms with Crippen LogP contribution in [0.25, 0.3) is 11.1 Å². The monoisotopic (exact) mass is 322 g/mol. The molecule has 1 aliphatic heterocycles. The number of nitrogens with two attached hydrogens (primary N) is 1. The van der Waals surface area contributed by atoms with Gasteiger partial charge in [0.25, 0.3) is 5.82 Å². The topological polar surface area (TPSA) is 82.4 Å². The third kappa shape index (κ3) is 2.44. The Bertz CT molecular complexity index is 839. The second-order valence-corrected chi connectivity index (χ2v) is 6.34. The Morgan fingerprint density at radius 1 is 1.04 bits per heavy atom. The maximum atomic E-state index is 9.68. The smallest absolute Gasteiger partial charge is 0.289 e. The van der Waals surface area contributed by atoms with Crippen LogP contribution in [0.5, 0.6) is 11.5 Å². The first kappa shape index (κ1) is 14.8. The first-order valence-corrected chi connectivity index (χ1v) is 8.44. The van der Waals surface area contributed by atoms with E-state index < -0.39 is 0 Å². The van der Waals surface area contributed by atoms with Crippen LogP contribution in [0.3, 0.4) is 0 Å². The minimum atomic E-state index is 0.243. The molecule has 2 aromatic rings. The van der Waals surface area contributed by atoms with Gasteiger partial charge in [0.05, 0.1) is 0 Å². The summed E-state index contributed by atoms with van der Waals surface area (Å²) in [5, 5.41) is 9.68. The number of nitrogens with zero attached hydrogens (tertiary/aromatic N) is 1. The van der Waals surface area contributed by atoms with Crippen LogP contribution in [0.2, 0.25) is 0 Å². The molecule has 2 heterocycles. The fourth-order valence-corrected chi connectivity index (χ4v) is 3.67. The number of aryl methyl sites for hydroxylation is 1. The molecule has 0 bridgehead atoms. The van der Waals surface area contributed by atoms with Crippen LogP contribution in [0, 0.1) is 11.3 Å². The number of aromatic nitrogens is 1. The van der Waals surface area contributed by atoms with E-state index in [1.807, 2.05) is 18.2 Å². The highest BCUT2D eigenvalue weighted by Gasteiger charge is 2.25. The highest BCUT2D eigenvalue weighted by atomic mass is 16.7. The molecule has 0 saturated carbocycles. The number of pyridine rings is 1. The summed E-state index contributed by atoms with van der Waals surface area (Å²) in [4.78, 5) is 3.28. The van der Waals surface area contributed by atoms with Gasteiger partial charge in [0.1, 0.15) is 17.3 Å². The van der Waals surface area contributed by atoms with E-state index in [-0.39, 0.29) is 6.79 Å². The number of hydrogen-bond donors (Lipinski definition) is 1. The Labute approximate surface area is 141 Å². The van der Waals surface area contributed by atoms with Gasteiger partial charge >= 0.3 is 0 Å². The van der Waals surface area contributed by atoms with Crippen molar-refractivity contribution in [1.29, 1.82) is 5.26 Å². The number of hydrogen-bond acceptors (Lipinski definition) is 4. The van der Waals surface area contributed by atoms with Crippen molar-refractivity contribution < 1.29 is 14.5 Å². The highest BCUT2D eigenvalue weighted by Crippen LogP contribution is 2.39. The van der Waals surface area contributed by atoms with Gasteiger partial charge in [-0.05, 0) is 37.0 Å². The van der Waals surface area contributed by atoms with Crippen molar-refractivity contribution in [3.8, 4) is 28.7 Å². The van der Waals surface area contributed by atoms with Gasteiger partial charge in [0.15, 0.2) is 11.5 Å². The number of aromatic amines is 1. The van der Waals surface area contributed by atoms with E-state index >= 15 is 0 Å². The number of nitriles is 1. The van der Waals surface area contributed by atoms with E-state index in [4.69, 9.17) is 15.2 Å². The Hall–Kier alpha value is -2.74. The number of ether oxygens (including phenoxy) is 2. The molecule has 5 heteroatoms.